The van der Waals surface area contributed by atoms with Gasteiger partial charge in [0.15, 0.2) is 11.6 Å². The minimum absolute atomic E-state index is 0.563. The zero-order chi connectivity index (χ0) is 12.4. The van der Waals surface area contributed by atoms with Gasteiger partial charge in [0.25, 0.3) is 0 Å². The Morgan fingerprint density at radius 2 is 1.33 bits per heavy atom. The minimum atomic E-state index is 0.563. The number of ether oxygens (including phenoxy) is 1. The van der Waals surface area contributed by atoms with Crippen LogP contribution in [0.15, 0.2) is 73.1 Å². The van der Waals surface area contributed by atoms with Gasteiger partial charge >= 0.3 is 0 Å². The summed E-state index contributed by atoms with van der Waals surface area (Å²) in [6, 6.07) is 20.1. The van der Waals surface area contributed by atoms with Crippen LogP contribution in [0.2, 0.25) is 0 Å². The van der Waals surface area contributed by atoms with E-state index < -0.39 is 0 Å². The SMILES string of the molecule is C=C1NC(c2ccccc2)=C(c2ccccc2)O1. The van der Waals surface area contributed by atoms with E-state index in [2.05, 4.69) is 11.9 Å². The van der Waals surface area contributed by atoms with Crippen LogP contribution in [0.25, 0.3) is 11.5 Å². The molecule has 1 heterocycles. The zero-order valence-electron chi connectivity index (χ0n) is 9.89. The van der Waals surface area contributed by atoms with Crippen LogP contribution in [-0.4, -0.2) is 0 Å². The second-order valence-electron chi connectivity index (χ2n) is 4.09. The third-order valence-corrected chi connectivity index (χ3v) is 2.82. The van der Waals surface area contributed by atoms with E-state index in [1.807, 2.05) is 60.7 Å². The summed E-state index contributed by atoms with van der Waals surface area (Å²) in [7, 11) is 0. The van der Waals surface area contributed by atoms with E-state index in [-0.39, 0.29) is 0 Å². The Hall–Kier alpha value is -2.48. The van der Waals surface area contributed by atoms with Gasteiger partial charge in [-0.3, -0.25) is 0 Å². The molecule has 18 heavy (non-hydrogen) atoms. The predicted molar refractivity (Wildman–Crippen MR) is 73.1 cm³/mol. The molecule has 88 valence electrons. The molecule has 1 aliphatic heterocycles. The van der Waals surface area contributed by atoms with E-state index in [0.29, 0.717) is 5.88 Å². The Morgan fingerprint density at radius 3 is 1.94 bits per heavy atom. The molecule has 0 bridgehead atoms. The van der Waals surface area contributed by atoms with Gasteiger partial charge in [-0.15, -0.1) is 0 Å². The minimum Gasteiger partial charge on any atom is -0.439 e. The second-order valence-corrected chi connectivity index (χ2v) is 4.09. The summed E-state index contributed by atoms with van der Waals surface area (Å²) in [5, 5.41) is 3.18. The number of rotatable bonds is 2. The van der Waals surface area contributed by atoms with Crippen LogP contribution < -0.4 is 5.32 Å². The highest BCUT2D eigenvalue weighted by Crippen LogP contribution is 2.32. The fourth-order valence-corrected chi connectivity index (χ4v) is 2.00. The molecule has 0 aliphatic carbocycles. The predicted octanol–water partition coefficient (Wildman–Crippen LogP) is 3.60. The molecule has 0 aromatic heterocycles. The highest BCUT2D eigenvalue weighted by atomic mass is 16.5. The molecule has 0 unspecified atom stereocenters. The lowest BCUT2D eigenvalue weighted by Crippen LogP contribution is -2.04. The average Bonchev–Trinajstić information content (AvgIpc) is 2.83. The van der Waals surface area contributed by atoms with Crippen molar-refractivity contribution in [2.45, 2.75) is 0 Å². The van der Waals surface area contributed by atoms with Crippen LogP contribution in [0.5, 0.6) is 0 Å². The van der Waals surface area contributed by atoms with Gasteiger partial charge in [0.05, 0.1) is 5.70 Å². The largest absolute Gasteiger partial charge is 0.439 e. The van der Waals surface area contributed by atoms with E-state index in [4.69, 9.17) is 4.74 Å². The molecule has 0 saturated heterocycles. The molecule has 2 aromatic carbocycles. The van der Waals surface area contributed by atoms with Crippen LogP contribution >= 0.6 is 0 Å². The lowest BCUT2D eigenvalue weighted by Gasteiger charge is -2.04. The first kappa shape index (κ1) is 10.7. The molecule has 1 N–H and O–H groups in total. The van der Waals surface area contributed by atoms with Gasteiger partial charge in [-0.25, -0.2) is 0 Å². The maximum absolute atomic E-state index is 5.69. The Bertz CT molecular complexity index is 546. The van der Waals surface area contributed by atoms with Gasteiger partial charge in [0.1, 0.15) is 0 Å². The molecular weight excluding hydrogens is 222 g/mol. The molecule has 0 atom stereocenters. The fourth-order valence-electron chi connectivity index (χ4n) is 2.00. The maximum Gasteiger partial charge on any atom is 0.190 e. The third kappa shape index (κ3) is 1.89. The highest BCUT2D eigenvalue weighted by molar-refractivity contribution is 5.89. The zero-order valence-corrected chi connectivity index (χ0v) is 9.89. The highest BCUT2D eigenvalue weighted by Gasteiger charge is 2.21. The van der Waals surface area contributed by atoms with E-state index >= 15 is 0 Å². The van der Waals surface area contributed by atoms with Crippen molar-refractivity contribution in [2.75, 3.05) is 0 Å². The van der Waals surface area contributed by atoms with Crippen molar-refractivity contribution >= 4 is 11.5 Å². The lowest BCUT2D eigenvalue weighted by molar-refractivity contribution is 0.387. The molecule has 0 radical (unpaired) electrons. The van der Waals surface area contributed by atoms with Crippen LogP contribution in [-0.2, 0) is 4.74 Å². The van der Waals surface area contributed by atoms with Crippen molar-refractivity contribution in [3.8, 4) is 0 Å². The van der Waals surface area contributed by atoms with Gasteiger partial charge < -0.3 is 10.1 Å². The number of hydrogen-bond donors (Lipinski definition) is 1. The summed E-state index contributed by atoms with van der Waals surface area (Å²) < 4.78 is 5.69. The number of benzene rings is 2. The molecule has 0 spiro atoms. The van der Waals surface area contributed by atoms with Crippen molar-refractivity contribution in [3.63, 3.8) is 0 Å². The smallest absolute Gasteiger partial charge is 0.190 e. The number of nitrogens with one attached hydrogen (secondary N) is 1. The topological polar surface area (TPSA) is 21.3 Å². The van der Waals surface area contributed by atoms with Gasteiger partial charge in [0.2, 0.25) is 0 Å². The van der Waals surface area contributed by atoms with Gasteiger partial charge in [-0.1, -0.05) is 60.7 Å². The summed E-state index contributed by atoms with van der Waals surface area (Å²) in [4.78, 5) is 0. The van der Waals surface area contributed by atoms with Crippen molar-refractivity contribution in [1.82, 2.24) is 5.32 Å². The standard InChI is InChI=1S/C16H13NO/c1-12-17-15(13-8-4-2-5-9-13)16(18-12)14-10-6-3-7-11-14/h2-11,17H,1H2. The van der Waals surface area contributed by atoms with E-state index in [1.165, 1.54) is 0 Å². The van der Waals surface area contributed by atoms with E-state index in [0.717, 1.165) is 22.6 Å². The summed E-state index contributed by atoms with van der Waals surface area (Å²) in [6.45, 7) is 3.83. The van der Waals surface area contributed by atoms with E-state index in [1.54, 1.807) is 0 Å². The Labute approximate surface area is 106 Å². The first-order chi connectivity index (χ1) is 8.84. The van der Waals surface area contributed by atoms with Gasteiger partial charge in [0, 0.05) is 11.1 Å². The van der Waals surface area contributed by atoms with Crippen LogP contribution in [0, 0.1) is 0 Å². The molecule has 2 nitrogen and oxygen atoms in total. The summed E-state index contributed by atoms with van der Waals surface area (Å²) >= 11 is 0. The molecular formula is C16H13NO. The fraction of sp³-hybridized carbons (Fsp3) is 0. The summed E-state index contributed by atoms with van der Waals surface area (Å²) in [6.07, 6.45) is 0. The molecule has 0 saturated carbocycles. The third-order valence-electron chi connectivity index (χ3n) is 2.82. The quantitative estimate of drug-likeness (QED) is 0.858. The molecule has 0 fully saturated rings. The van der Waals surface area contributed by atoms with Crippen molar-refractivity contribution in [2.24, 2.45) is 0 Å². The van der Waals surface area contributed by atoms with Crippen LogP contribution in [0.3, 0.4) is 0 Å². The van der Waals surface area contributed by atoms with Gasteiger partial charge in [-0.05, 0) is 6.58 Å². The van der Waals surface area contributed by atoms with E-state index in [9.17, 15) is 0 Å². The Balaban J connectivity index is 2.11. The van der Waals surface area contributed by atoms with Crippen molar-refractivity contribution in [1.29, 1.82) is 0 Å². The van der Waals surface area contributed by atoms with Crippen LogP contribution in [0.1, 0.15) is 11.1 Å². The first-order valence-electron chi connectivity index (χ1n) is 5.83. The lowest BCUT2D eigenvalue weighted by atomic mass is 10.1. The van der Waals surface area contributed by atoms with Crippen molar-refractivity contribution in [3.05, 3.63) is 84.3 Å². The molecule has 3 rings (SSSR count). The molecule has 1 aliphatic rings. The summed E-state index contributed by atoms with van der Waals surface area (Å²) in [5.74, 6) is 1.39. The molecule has 0 amide bonds. The van der Waals surface area contributed by atoms with Gasteiger partial charge in [-0.2, -0.15) is 0 Å². The van der Waals surface area contributed by atoms with Crippen molar-refractivity contribution < 1.29 is 4.74 Å². The molecule has 2 heteroatoms. The first-order valence-corrected chi connectivity index (χ1v) is 5.83. The molecule has 2 aromatic rings. The Kier molecular flexibility index (Phi) is 2.61. The second kappa shape index (κ2) is 4.41. The monoisotopic (exact) mass is 235 g/mol. The normalized spacial score (nSPS) is 14.3. The maximum atomic E-state index is 5.69. The van der Waals surface area contributed by atoms with Crippen LogP contribution in [0.4, 0.5) is 0 Å². The average molecular weight is 235 g/mol. The number of hydrogen-bond acceptors (Lipinski definition) is 2. The summed E-state index contributed by atoms with van der Waals surface area (Å²) in [5.41, 5.74) is 3.10. The Morgan fingerprint density at radius 1 is 0.778 bits per heavy atom.